The van der Waals surface area contributed by atoms with Crippen LogP contribution in [0.4, 0.5) is 4.70 Å². The van der Waals surface area contributed by atoms with Crippen LogP contribution in [-0.4, -0.2) is 23.1 Å². The van der Waals surface area contributed by atoms with E-state index in [9.17, 15) is 0 Å². The van der Waals surface area contributed by atoms with Crippen LogP contribution in [-0.2, 0) is 0 Å². The van der Waals surface area contributed by atoms with Crippen molar-refractivity contribution in [2.75, 3.05) is 0 Å². The lowest BCUT2D eigenvalue weighted by molar-refractivity contribution is 1.11. The Kier molecular flexibility index (Phi) is 4.75. The van der Waals surface area contributed by atoms with Gasteiger partial charge in [-0.15, -0.1) is 0 Å². The summed E-state index contributed by atoms with van der Waals surface area (Å²) in [5, 5.41) is 5.68. The summed E-state index contributed by atoms with van der Waals surface area (Å²) in [5.41, 5.74) is 0. The van der Waals surface area contributed by atoms with Gasteiger partial charge in [-0.05, 0) is 22.2 Å². The molecule has 3 aromatic rings. The van der Waals surface area contributed by atoms with E-state index in [1.165, 1.54) is 16.2 Å². The molecule has 0 aliphatic heterocycles. The Hall–Kier alpha value is -0.834. The van der Waals surface area contributed by atoms with Gasteiger partial charge in [0, 0.05) is 10.4 Å². The minimum Gasteiger partial charge on any atom is -0.269 e. The van der Waals surface area contributed by atoms with Crippen molar-refractivity contribution in [1.82, 2.24) is 0 Å². The van der Waals surface area contributed by atoms with Gasteiger partial charge in [-0.1, -0.05) is 60.1 Å². The van der Waals surface area contributed by atoms with Gasteiger partial charge in [0.1, 0.15) is 0 Å². The van der Waals surface area contributed by atoms with Crippen LogP contribution in [0.2, 0.25) is 5.02 Å². The van der Waals surface area contributed by atoms with Gasteiger partial charge < -0.3 is 0 Å². The van der Waals surface area contributed by atoms with Crippen molar-refractivity contribution in [2.24, 2.45) is 0 Å². The van der Waals surface area contributed by atoms with E-state index in [0.717, 1.165) is 10.4 Å². The van der Waals surface area contributed by atoms with E-state index in [1.54, 1.807) is 0 Å². The fourth-order valence-electron chi connectivity index (χ4n) is 2.00. The van der Waals surface area contributed by atoms with E-state index in [0.29, 0.717) is 0 Å². The average molecular weight is 259 g/mol. The summed E-state index contributed by atoms with van der Waals surface area (Å²) < 4.78 is 0. The Morgan fingerprint density at radius 2 is 1.35 bits per heavy atom. The van der Waals surface area contributed by atoms with Crippen molar-refractivity contribution < 1.29 is 4.70 Å². The summed E-state index contributed by atoms with van der Waals surface area (Å²) in [6.07, 6.45) is 0. The second-order valence-corrected chi connectivity index (χ2v) is 4.03. The number of hydrogen-bond donors (Lipinski definition) is 0. The lowest BCUT2D eigenvalue weighted by Gasteiger charge is -2.04. The third-order valence-corrected chi connectivity index (χ3v) is 3.06. The molecule has 0 saturated carbocycles. The third-order valence-electron chi connectivity index (χ3n) is 2.73. The van der Waals surface area contributed by atoms with Crippen LogP contribution >= 0.6 is 11.6 Å². The Bertz CT molecular complexity index is 652. The van der Waals surface area contributed by atoms with Gasteiger partial charge in [0.15, 0.2) is 0 Å². The van der Waals surface area contributed by atoms with E-state index in [-0.39, 0.29) is 27.8 Å². The average Bonchev–Trinajstić information content (AvgIpc) is 2.29. The summed E-state index contributed by atoms with van der Waals surface area (Å²) in [5.74, 6) is 0. The molecule has 0 atom stereocenters. The summed E-state index contributed by atoms with van der Waals surface area (Å²) in [6, 6.07) is 18.6. The molecule has 0 radical (unpaired) electrons. The number of rotatable bonds is 0. The van der Waals surface area contributed by atoms with Crippen LogP contribution in [0.15, 0.2) is 54.6 Å². The highest BCUT2D eigenvalue weighted by Gasteiger charge is 2.01. The molecule has 0 amide bonds. The first-order chi connectivity index (χ1) is 7.36. The molecule has 0 unspecified atom stereocenters. The zero-order chi connectivity index (χ0) is 10.3. The largest absolute Gasteiger partial charge is 0.316 e. The van der Waals surface area contributed by atoms with Crippen LogP contribution in [0.3, 0.4) is 0 Å². The van der Waals surface area contributed by atoms with Crippen molar-refractivity contribution in [1.29, 1.82) is 0 Å². The van der Waals surface area contributed by atoms with Gasteiger partial charge in [-0.25, -0.2) is 0 Å². The van der Waals surface area contributed by atoms with Crippen LogP contribution < -0.4 is 0 Å². The molecule has 3 heteroatoms. The lowest BCUT2D eigenvalue weighted by Crippen LogP contribution is -1.77. The minimum absolute atomic E-state index is 0. The molecule has 0 bridgehead atoms. The summed E-state index contributed by atoms with van der Waals surface area (Å²) in [6.45, 7) is 0. The van der Waals surface area contributed by atoms with E-state index in [1.807, 2.05) is 12.1 Å². The van der Waals surface area contributed by atoms with E-state index in [2.05, 4.69) is 42.5 Å². The molecule has 17 heavy (non-hydrogen) atoms. The van der Waals surface area contributed by atoms with Gasteiger partial charge in [0.2, 0.25) is 0 Å². The van der Waals surface area contributed by atoms with Crippen molar-refractivity contribution in [3.8, 4) is 0 Å². The third kappa shape index (κ3) is 2.39. The Morgan fingerprint density at radius 1 is 0.647 bits per heavy atom. The molecule has 0 fully saturated rings. The zero-order valence-electron chi connectivity index (χ0n) is 8.48. The van der Waals surface area contributed by atoms with Gasteiger partial charge in [-0.3, -0.25) is 4.70 Å². The first-order valence-electron chi connectivity index (χ1n) is 4.92. The number of hydrogen-bond acceptors (Lipinski definition) is 0. The molecular formula is C14H12ClFMg. The molecule has 0 nitrogen and oxygen atoms in total. The number of fused-ring (bicyclic) bond motifs is 3. The molecule has 0 aromatic heterocycles. The van der Waals surface area contributed by atoms with E-state index >= 15 is 0 Å². The van der Waals surface area contributed by atoms with Gasteiger partial charge >= 0.3 is 23.1 Å². The number of benzene rings is 3. The predicted molar refractivity (Wildman–Crippen MR) is 77.5 cm³/mol. The highest BCUT2D eigenvalue weighted by molar-refractivity contribution is 6.36. The maximum Gasteiger partial charge on any atom is 0.316 e. The van der Waals surface area contributed by atoms with Crippen molar-refractivity contribution in [3.05, 3.63) is 59.6 Å². The van der Waals surface area contributed by atoms with Gasteiger partial charge in [0.25, 0.3) is 0 Å². The fourth-order valence-corrected chi connectivity index (χ4v) is 2.24. The summed E-state index contributed by atoms with van der Waals surface area (Å²) in [7, 11) is 0. The maximum atomic E-state index is 6.16. The fraction of sp³-hybridized carbons (Fsp3) is 0. The van der Waals surface area contributed by atoms with Gasteiger partial charge in [-0.2, -0.15) is 0 Å². The van der Waals surface area contributed by atoms with Gasteiger partial charge in [0.05, 0.1) is 0 Å². The molecule has 0 saturated heterocycles. The quantitative estimate of drug-likeness (QED) is 0.424. The van der Waals surface area contributed by atoms with Crippen LogP contribution in [0.1, 0.15) is 0 Å². The first kappa shape index (κ1) is 14.2. The zero-order valence-corrected chi connectivity index (χ0v) is 9.24. The molecule has 3 aromatic carbocycles. The lowest BCUT2D eigenvalue weighted by atomic mass is 10.0. The molecule has 0 N–H and O–H groups in total. The minimum atomic E-state index is 0. The molecule has 0 aliphatic carbocycles. The van der Waals surface area contributed by atoms with Crippen molar-refractivity contribution in [2.45, 2.75) is 0 Å². The van der Waals surface area contributed by atoms with Crippen LogP contribution in [0, 0.1) is 0 Å². The monoisotopic (exact) mass is 258 g/mol. The maximum absolute atomic E-state index is 6.16. The summed E-state index contributed by atoms with van der Waals surface area (Å²) in [4.78, 5) is 0. The smallest absolute Gasteiger partial charge is 0.269 e. The Labute approximate surface area is 120 Å². The first-order valence-corrected chi connectivity index (χ1v) is 5.30. The molecule has 0 heterocycles. The topological polar surface area (TPSA) is 0 Å². The highest BCUT2D eigenvalue weighted by atomic mass is 35.5. The molecule has 84 valence electrons. The highest BCUT2D eigenvalue weighted by Crippen LogP contribution is 2.29. The summed E-state index contributed by atoms with van der Waals surface area (Å²) >= 11 is 6.16. The Balaban J connectivity index is 0.000000722. The van der Waals surface area contributed by atoms with E-state index < -0.39 is 0 Å². The standard InChI is InChI=1S/C14H9Cl.FH.Mg.2H/c15-14-7-3-6-12-11-5-2-1-4-10(11)8-9-13(12)14;;;;/h1-9H;1H;;;. The second kappa shape index (κ2) is 5.67. The Morgan fingerprint density at radius 3 is 2.18 bits per heavy atom. The molecule has 0 aliphatic rings. The second-order valence-electron chi connectivity index (χ2n) is 3.62. The SMILES string of the molecule is Clc1cccc2c1ccc1ccccc12.F.[MgH2]. The molecular weight excluding hydrogens is 247 g/mol. The number of halogens is 2. The van der Waals surface area contributed by atoms with Crippen LogP contribution in [0.25, 0.3) is 21.5 Å². The normalized spacial score (nSPS) is 9.71. The predicted octanol–water partition coefficient (Wildman–Crippen LogP) is 3.88. The van der Waals surface area contributed by atoms with Crippen LogP contribution in [0.5, 0.6) is 0 Å². The van der Waals surface area contributed by atoms with E-state index in [4.69, 9.17) is 11.6 Å². The van der Waals surface area contributed by atoms with Crippen molar-refractivity contribution in [3.63, 3.8) is 0 Å². The molecule has 0 spiro atoms. The van der Waals surface area contributed by atoms with Crippen molar-refractivity contribution >= 4 is 56.2 Å². The molecule has 3 rings (SSSR count).